The number of aromatic hydroxyl groups is 2. The lowest BCUT2D eigenvalue weighted by Crippen LogP contribution is -2.30. The van der Waals surface area contributed by atoms with Crippen molar-refractivity contribution in [1.29, 1.82) is 0 Å². The maximum Gasteiger partial charge on any atom is 0.120 e. The summed E-state index contributed by atoms with van der Waals surface area (Å²) >= 11 is 0. The van der Waals surface area contributed by atoms with Crippen molar-refractivity contribution in [2.24, 2.45) is 11.5 Å². The molecule has 0 amide bonds. The zero-order chi connectivity index (χ0) is 32.7. The Kier molecular flexibility index (Phi) is 14.0. The topological polar surface area (TPSA) is 139 Å². The van der Waals surface area contributed by atoms with E-state index < -0.39 is 12.2 Å². The first-order valence-electron chi connectivity index (χ1n) is 16.3. The summed E-state index contributed by atoms with van der Waals surface area (Å²) in [5, 5.41) is 42.2. The smallest absolute Gasteiger partial charge is 0.120 e. The van der Waals surface area contributed by atoms with Crippen molar-refractivity contribution >= 4 is 0 Å². The maximum absolute atomic E-state index is 11.1. The highest BCUT2D eigenvalue weighted by Crippen LogP contribution is 2.25. The average Bonchev–Trinajstić information content (AvgIpc) is 3.07. The van der Waals surface area contributed by atoms with Crippen molar-refractivity contribution in [3.8, 4) is 11.5 Å². The molecule has 46 heavy (non-hydrogen) atoms. The van der Waals surface area contributed by atoms with Gasteiger partial charge in [0, 0.05) is 50.4 Å². The fourth-order valence-corrected chi connectivity index (χ4v) is 5.83. The van der Waals surface area contributed by atoms with E-state index >= 15 is 0 Å². The van der Waals surface area contributed by atoms with E-state index in [-0.39, 0.29) is 24.6 Å². The summed E-state index contributed by atoms with van der Waals surface area (Å²) in [7, 11) is 0. The van der Waals surface area contributed by atoms with Crippen molar-refractivity contribution in [3.05, 3.63) is 130 Å². The largest absolute Gasteiger partial charge is 0.508 e. The third kappa shape index (κ3) is 10.9. The van der Waals surface area contributed by atoms with Crippen LogP contribution in [0.15, 0.2) is 97.1 Å². The number of rotatable bonds is 19. The Morgan fingerprint density at radius 3 is 1.28 bits per heavy atom. The standard InChI is InChI=1S/C38H50N4O4/c39-23-33-21-31(15-17-35(33)43)37(45)27-41(25-29-11-5-3-6-12-29)19-9-1-2-10-20-42(26-30-13-7-4-8-14-30)28-38(46)32-16-18-36(44)34(22-32)24-40/h3-8,11-18,21-22,37-38,43-46H,1-2,9-10,19-20,23-28,39-40H2. The van der Waals surface area contributed by atoms with Gasteiger partial charge in [-0.2, -0.15) is 0 Å². The van der Waals surface area contributed by atoms with Crippen molar-refractivity contribution in [2.75, 3.05) is 26.2 Å². The van der Waals surface area contributed by atoms with Crippen molar-refractivity contribution in [2.45, 2.75) is 64.1 Å². The first-order valence-corrected chi connectivity index (χ1v) is 16.3. The number of hydrogen-bond acceptors (Lipinski definition) is 8. The summed E-state index contributed by atoms with van der Waals surface area (Å²) in [5.41, 5.74) is 16.7. The molecule has 246 valence electrons. The zero-order valence-electron chi connectivity index (χ0n) is 26.7. The zero-order valence-corrected chi connectivity index (χ0v) is 26.7. The second kappa shape index (κ2) is 18.4. The molecule has 0 spiro atoms. The number of benzene rings is 4. The molecule has 8 nitrogen and oxygen atoms in total. The van der Waals surface area contributed by atoms with E-state index in [9.17, 15) is 20.4 Å². The van der Waals surface area contributed by atoms with Gasteiger partial charge in [0.15, 0.2) is 0 Å². The molecule has 4 rings (SSSR count). The molecule has 0 saturated heterocycles. The summed E-state index contributed by atoms with van der Waals surface area (Å²) in [4.78, 5) is 4.58. The number of phenolic OH excluding ortho intramolecular Hbond substituents is 2. The van der Waals surface area contributed by atoms with Crippen LogP contribution in [0.25, 0.3) is 0 Å². The highest BCUT2D eigenvalue weighted by atomic mass is 16.3. The van der Waals surface area contributed by atoms with Crippen LogP contribution >= 0.6 is 0 Å². The fraction of sp³-hybridized carbons (Fsp3) is 0.368. The number of aliphatic hydroxyl groups is 2. The molecule has 0 saturated carbocycles. The van der Waals surface area contributed by atoms with Crippen LogP contribution in [0.4, 0.5) is 0 Å². The van der Waals surface area contributed by atoms with Crippen molar-refractivity contribution in [1.82, 2.24) is 9.80 Å². The molecule has 8 N–H and O–H groups in total. The van der Waals surface area contributed by atoms with Crippen molar-refractivity contribution < 1.29 is 20.4 Å². The summed E-state index contributed by atoms with van der Waals surface area (Å²) < 4.78 is 0. The van der Waals surface area contributed by atoms with Crippen LogP contribution in [0.3, 0.4) is 0 Å². The Hall–Kier alpha value is -3.76. The van der Waals surface area contributed by atoms with E-state index in [0.29, 0.717) is 24.2 Å². The summed E-state index contributed by atoms with van der Waals surface area (Å²) in [5.74, 6) is 0.301. The summed E-state index contributed by atoms with van der Waals surface area (Å²) in [6.07, 6.45) is 2.72. The minimum atomic E-state index is -0.693. The lowest BCUT2D eigenvalue weighted by molar-refractivity contribution is 0.105. The van der Waals surface area contributed by atoms with Crippen LogP contribution in [0, 0.1) is 0 Å². The highest BCUT2D eigenvalue weighted by Gasteiger charge is 2.17. The minimum Gasteiger partial charge on any atom is -0.508 e. The molecule has 0 aliphatic heterocycles. The molecular weight excluding hydrogens is 576 g/mol. The maximum atomic E-state index is 11.1. The lowest BCUT2D eigenvalue weighted by atomic mass is 10.0. The van der Waals surface area contributed by atoms with Crippen LogP contribution in [-0.2, 0) is 26.2 Å². The summed E-state index contributed by atoms with van der Waals surface area (Å²) in [6.45, 7) is 4.58. The molecule has 0 heterocycles. The molecule has 4 aromatic rings. The third-order valence-corrected chi connectivity index (χ3v) is 8.48. The second-order valence-corrected chi connectivity index (χ2v) is 12.1. The molecule has 8 heteroatoms. The van der Waals surface area contributed by atoms with Gasteiger partial charge in [0.2, 0.25) is 0 Å². The van der Waals surface area contributed by atoms with E-state index in [2.05, 4.69) is 34.1 Å². The lowest BCUT2D eigenvalue weighted by Gasteiger charge is -2.27. The van der Waals surface area contributed by atoms with E-state index in [1.807, 2.05) is 36.4 Å². The Labute approximate surface area is 273 Å². The molecule has 0 aromatic heterocycles. The van der Waals surface area contributed by atoms with Gasteiger partial charge < -0.3 is 31.9 Å². The molecule has 4 aromatic carbocycles. The SMILES string of the molecule is NCc1cc(C(O)CN(CCCCCCN(Cc2ccccc2)CC(O)c2ccc(O)c(CN)c2)Cc2ccccc2)ccc1O. The number of phenols is 2. The van der Waals surface area contributed by atoms with Gasteiger partial charge in [-0.25, -0.2) is 0 Å². The predicted octanol–water partition coefficient (Wildman–Crippen LogP) is 5.35. The van der Waals surface area contributed by atoms with Gasteiger partial charge in [0.1, 0.15) is 11.5 Å². The Morgan fingerprint density at radius 2 is 0.913 bits per heavy atom. The quantitative estimate of drug-likeness (QED) is 0.0767. The predicted molar refractivity (Wildman–Crippen MR) is 184 cm³/mol. The second-order valence-electron chi connectivity index (χ2n) is 12.1. The Bertz CT molecular complexity index is 1340. The molecule has 0 bridgehead atoms. The van der Waals surface area contributed by atoms with E-state index in [1.165, 1.54) is 11.1 Å². The van der Waals surface area contributed by atoms with Gasteiger partial charge in [-0.1, -0.05) is 85.6 Å². The molecule has 0 fully saturated rings. The van der Waals surface area contributed by atoms with Gasteiger partial charge in [-0.05, 0) is 72.5 Å². The number of nitrogens with two attached hydrogens (primary N) is 2. The van der Waals surface area contributed by atoms with Crippen LogP contribution in [0.1, 0.15) is 71.3 Å². The molecule has 0 aliphatic carbocycles. The Morgan fingerprint density at radius 1 is 0.522 bits per heavy atom. The van der Waals surface area contributed by atoms with E-state index in [1.54, 1.807) is 36.4 Å². The third-order valence-electron chi connectivity index (χ3n) is 8.48. The van der Waals surface area contributed by atoms with Crippen LogP contribution in [0.2, 0.25) is 0 Å². The van der Waals surface area contributed by atoms with Gasteiger partial charge >= 0.3 is 0 Å². The molecule has 0 aliphatic rings. The first-order chi connectivity index (χ1) is 22.4. The van der Waals surface area contributed by atoms with Gasteiger partial charge in [0.05, 0.1) is 12.2 Å². The first kappa shape index (κ1) is 35.1. The van der Waals surface area contributed by atoms with Gasteiger partial charge in [-0.15, -0.1) is 0 Å². The van der Waals surface area contributed by atoms with E-state index in [0.717, 1.165) is 63.0 Å². The van der Waals surface area contributed by atoms with E-state index in [4.69, 9.17) is 11.5 Å². The molecule has 2 atom stereocenters. The monoisotopic (exact) mass is 626 g/mol. The number of hydrogen-bond donors (Lipinski definition) is 6. The van der Waals surface area contributed by atoms with Crippen LogP contribution in [-0.4, -0.2) is 56.4 Å². The van der Waals surface area contributed by atoms with Gasteiger partial charge in [0.25, 0.3) is 0 Å². The molecule has 2 unspecified atom stereocenters. The number of unbranched alkanes of at least 4 members (excludes halogenated alkanes) is 3. The Balaban J connectivity index is 1.31. The fourth-order valence-electron chi connectivity index (χ4n) is 5.83. The van der Waals surface area contributed by atoms with Crippen LogP contribution in [0.5, 0.6) is 11.5 Å². The summed E-state index contributed by atoms with van der Waals surface area (Å²) in [6, 6.07) is 30.9. The minimum absolute atomic E-state index is 0.150. The normalized spacial score (nSPS) is 12.9. The number of nitrogens with zero attached hydrogens (tertiary/aromatic N) is 2. The average molecular weight is 627 g/mol. The highest BCUT2D eigenvalue weighted by molar-refractivity contribution is 5.38. The number of aliphatic hydroxyl groups excluding tert-OH is 2. The van der Waals surface area contributed by atoms with Crippen molar-refractivity contribution in [3.63, 3.8) is 0 Å². The molecule has 0 radical (unpaired) electrons. The molecular formula is C38H50N4O4. The van der Waals surface area contributed by atoms with Gasteiger partial charge in [-0.3, -0.25) is 9.80 Å². The van der Waals surface area contributed by atoms with Crippen LogP contribution < -0.4 is 11.5 Å².